The minimum atomic E-state index is -0.639. The van der Waals surface area contributed by atoms with Crippen LogP contribution >= 0.6 is 0 Å². The van der Waals surface area contributed by atoms with Gasteiger partial charge in [0.15, 0.2) is 0 Å². The largest absolute Gasteiger partial charge is 0.393 e. The molecule has 0 bridgehead atoms. The Morgan fingerprint density at radius 3 is 2.39 bits per heavy atom. The Hall–Kier alpha value is -0.240. The van der Waals surface area contributed by atoms with Crippen molar-refractivity contribution in [2.45, 2.75) is 121 Å². The SMILES string of the molecule is CC(O)[C@H](CC1CNC2CCCCC12)NC(O)C1CCC(O)C(C2CCC(O)CC2)C1. The number of aliphatic hydroxyl groups is 4. The van der Waals surface area contributed by atoms with E-state index in [4.69, 9.17) is 0 Å². The van der Waals surface area contributed by atoms with Crippen molar-refractivity contribution in [2.75, 3.05) is 6.54 Å². The Bertz CT molecular complexity index is 554. The molecule has 3 saturated carbocycles. The maximum absolute atomic E-state index is 11.1. The molecule has 0 aromatic carbocycles. The summed E-state index contributed by atoms with van der Waals surface area (Å²) < 4.78 is 0. The lowest BCUT2D eigenvalue weighted by atomic mass is 9.68. The monoisotopic (exact) mass is 438 g/mol. The smallest absolute Gasteiger partial charge is 0.108 e. The van der Waals surface area contributed by atoms with Gasteiger partial charge in [-0.2, -0.15) is 0 Å². The van der Waals surface area contributed by atoms with Crippen LogP contribution in [-0.2, 0) is 0 Å². The predicted molar refractivity (Wildman–Crippen MR) is 121 cm³/mol. The predicted octanol–water partition coefficient (Wildman–Crippen LogP) is 2.14. The summed E-state index contributed by atoms with van der Waals surface area (Å²) in [5.74, 6) is 2.07. The van der Waals surface area contributed by atoms with Gasteiger partial charge in [-0.3, -0.25) is 5.32 Å². The Labute approximate surface area is 188 Å². The van der Waals surface area contributed by atoms with Crippen LogP contribution in [0.15, 0.2) is 0 Å². The Kier molecular flexibility index (Phi) is 8.32. The van der Waals surface area contributed by atoms with Crippen molar-refractivity contribution in [3.05, 3.63) is 0 Å². The fourth-order valence-corrected chi connectivity index (χ4v) is 7.32. The zero-order valence-electron chi connectivity index (χ0n) is 19.3. The number of fused-ring (bicyclic) bond motifs is 1. The topological polar surface area (TPSA) is 105 Å². The van der Waals surface area contributed by atoms with Crippen molar-refractivity contribution in [3.63, 3.8) is 0 Å². The van der Waals surface area contributed by atoms with E-state index in [1.165, 1.54) is 25.7 Å². The molecule has 0 amide bonds. The molecule has 1 aliphatic heterocycles. The summed E-state index contributed by atoms with van der Waals surface area (Å²) >= 11 is 0. The van der Waals surface area contributed by atoms with Crippen molar-refractivity contribution >= 4 is 0 Å². The number of aliphatic hydroxyl groups excluding tert-OH is 4. The molecule has 9 atom stereocenters. The summed E-state index contributed by atoms with van der Waals surface area (Å²) in [6, 6.07) is 0.547. The van der Waals surface area contributed by atoms with Gasteiger partial charge in [-0.05, 0) is 107 Å². The van der Waals surface area contributed by atoms with Crippen molar-refractivity contribution < 1.29 is 20.4 Å². The molecule has 1 saturated heterocycles. The quantitative estimate of drug-likeness (QED) is 0.340. The second-order valence-electron chi connectivity index (χ2n) is 11.3. The highest BCUT2D eigenvalue weighted by atomic mass is 16.3. The van der Waals surface area contributed by atoms with Gasteiger partial charge in [-0.15, -0.1) is 0 Å². The molecular formula is C25H46N2O4. The Morgan fingerprint density at radius 1 is 0.903 bits per heavy atom. The molecule has 0 spiro atoms. The molecule has 0 radical (unpaired) electrons. The summed E-state index contributed by atoms with van der Waals surface area (Å²) in [6.07, 6.45) is 10.5. The van der Waals surface area contributed by atoms with Crippen LogP contribution in [0.1, 0.15) is 84.0 Å². The Morgan fingerprint density at radius 2 is 1.65 bits per heavy atom. The van der Waals surface area contributed by atoms with Crippen molar-refractivity contribution in [1.82, 2.24) is 10.6 Å². The summed E-state index contributed by atoms with van der Waals surface area (Å²) in [4.78, 5) is 0. The van der Waals surface area contributed by atoms with E-state index in [0.717, 1.165) is 57.9 Å². The summed E-state index contributed by atoms with van der Waals surface area (Å²) in [5, 5.41) is 49.2. The van der Waals surface area contributed by atoms with Crippen molar-refractivity contribution in [1.29, 1.82) is 0 Å². The third-order valence-corrected chi connectivity index (χ3v) is 9.29. The van der Waals surface area contributed by atoms with E-state index in [-0.39, 0.29) is 30.1 Å². The molecule has 4 fully saturated rings. The van der Waals surface area contributed by atoms with Crippen LogP contribution in [0.5, 0.6) is 0 Å². The number of hydrogen-bond acceptors (Lipinski definition) is 6. The van der Waals surface area contributed by atoms with Crippen LogP contribution in [0.3, 0.4) is 0 Å². The van der Waals surface area contributed by atoms with E-state index in [9.17, 15) is 20.4 Å². The molecule has 1 heterocycles. The van der Waals surface area contributed by atoms with Gasteiger partial charge in [0.2, 0.25) is 0 Å². The van der Waals surface area contributed by atoms with Gasteiger partial charge < -0.3 is 25.7 Å². The van der Waals surface area contributed by atoms with Crippen molar-refractivity contribution in [3.8, 4) is 0 Å². The van der Waals surface area contributed by atoms with E-state index in [1.54, 1.807) is 0 Å². The number of nitrogens with one attached hydrogen (secondary N) is 2. The van der Waals surface area contributed by atoms with Crippen LogP contribution < -0.4 is 10.6 Å². The van der Waals surface area contributed by atoms with Crippen molar-refractivity contribution in [2.24, 2.45) is 29.6 Å². The van der Waals surface area contributed by atoms with Gasteiger partial charge in [-0.25, -0.2) is 0 Å². The number of rotatable bonds is 7. The molecule has 6 N–H and O–H groups in total. The maximum atomic E-state index is 11.1. The molecule has 0 aromatic heterocycles. The van der Waals surface area contributed by atoms with Crippen LogP contribution in [0, 0.1) is 29.6 Å². The van der Waals surface area contributed by atoms with Crippen LogP contribution in [0.25, 0.3) is 0 Å². The maximum Gasteiger partial charge on any atom is 0.108 e. The zero-order valence-corrected chi connectivity index (χ0v) is 19.3. The molecule has 6 heteroatoms. The minimum absolute atomic E-state index is 0.0994. The average molecular weight is 439 g/mol. The lowest BCUT2D eigenvalue weighted by molar-refractivity contribution is -0.0488. The molecule has 4 rings (SSSR count). The Balaban J connectivity index is 1.32. The van der Waals surface area contributed by atoms with Gasteiger partial charge in [0.05, 0.1) is 18.3 Å². The van der Waals surface area contributed by atoms with Gasteiger partial charge in [0.1, 0.15) is 6.23 Å². The van der Waals surface area contributed by atoms with Gasteiger partial charge >= 0.3 is 0 Å². The molecule has 6 nitrogen and oxygen atoms in total. The first-order valence-electron chi connectivity index (χ1n) is 13.1. The highest BCUT2D eigenvalue weighted by molar-refractivity contribution is 4.96. The lowest BCUT2D eigenvalue weighted by Crippen LogP contribution is -2.51. The van der Waals surface area contributed by atoms with Gasteiger partial charge in [-0.1, -0.05) is 12.8 Å². The fourth-order valence-electron chi connectivity index (χ4n) is 7.32. The molecular weight excluding hydrogens is 392 g/mol. The fraction of sp³-hybridized carbons (Fsp3) is 1.00. The highest BCUT2D eigenvalue weighted by Crippen LogP contribution is 2.42. The van der Waals surface area contributed by atoms with E-state index < -0.39 is 12.3 Å². The molecule has 8 unspecified atom stereocenters. The normalized spacial score (nSPS) is 44.4. The zero-order chi connectivity index (χ0) is 22.0. The first kappa shape index (κ1) is 23.9. The summed E-state index contributed by atoms with van der Waals surface area (Å²) in [6.45, 7) is 2.87. The highest BCUT2D eigenvalue weighted by Gasteiger charge is 2.41. The first-order valence-corrected chi connectivity index (χ1v) is 13.1. The standard InChI is InChI=1S/C25H46N2O4/c1-15(28)23(13-18-14-26-22-5-3-2-4-20(18)22)27-25(31)17-8-11-24(30)21(12-17)16-6-9-19(29)10-7-16/h15-31H,2-14H2,1H3/t15?,16?,17?,18?,19?,20?,21?,22?,23-,24?,25?/m0/s1. The molecule has 31 heavy (non-hydrogen) atoms. The summed E-state index contributed by atoms with van der Waals surface area (Å²) in [5.41, 5.74) is 0. The van der Waals surface area contributed by atoms with Crippen LogP contribution in [0.2, 0.25) is 0 Å². The van der Waals surface area contributed by atoms with Gasteiger partial charge in [0, 0.05) is 12.1 Å². The van der Waals surface area contributed by atoms with Crippen LogP contribution in [0.4, 0.5) is 0 Å². The third kappa shape index (κ3) is 5.82. The summed E-state index contributed by atoms with van der Waals surface area (Å²) in [7, 11) is 0. The van der Waals surface area contributed by atoms with E-state index in [1.807, 2.05) is 6.92 Å². The third-order valence-electron chi connectivity index (χ3n) is 9.29. The first-order chi connectivity index (χ1) is 14.9. The second-order valence-corrected chi connectivity index (χ2v) is 11.3. The minimum Gasteiger partial charge on any atom is -0.393 e. The lowest BCUT2D eigenvalue weighted by Gasteiger charge is -2.42. The molecule has 3 aliphatic carbocycles. The van der Waals surface area contributed by atoms with E-state index in [0.29, 0.717) is 23.8 Å². The molecule has 4 aliphatic rings. The molecule has 0 aromatic rings. The van der Waals surface area contributed by atoms with E-state index in [2.05, 4.69) is 10.6 Å². The molecule has 180 valence electrons. The van der Waals surface area contributed by atoms with E-state index >= 15 is 0 Å². The second kappa shape index (κ2) is 10.8. The average Bonchev–Trinajstić information content (AvgIpc) is 3.17. The van der Waals surface area contributed by atoms with Crippen LogP contribution in [-0.4, -0.2) is 63.6 Å². The van der Waals surface area contributed by atoms with Gasteiger partial charge in [0.25, 0.3) is 0 Å². The number of hydrogen-bond donors (Lipinski definition) is 6.